The van der Waals surface area contributed by atoms with Gasteiger partial charge < -0.3 is 25.0 Å². The van der Waals surface area contributed by atoms with Crippen LogP contribution in [0.1, 0.15) is 19.3 Å². The normalized spacial score (nSPS) is 20.4. The molecule has 10 nitrogen and oxygen atoms in total. The van der Waals surface area contributed by atoms with Crippen molar-refractivity contribution in [2.24, 2.45) is 0 Å². The lowest BCUT2D eigenvalue weighted by molar-refractivity contribution is -0.0312. The fraction of sp³-hybridized carbons (Fsp3) is 0.448. The zero-order chi connectivity index (χ0) is 29.1. The molecule has 1 unspecified atom stereocenters. The summed E-state index contributed by atoms with van der Waals surface area (Å²) in [6.45, 7) is 0.991. The van der Waals surface area contributed by atoms with Gasteiger partial charge in [-0.05, 0) is 60.4 Å². The van der Waals surface area contributed by atoms with Gasteiger partial charge in [-0.15, -0.1) is 0 Å². The molecule has 2 atom stereocenters. The minimum atomic E-state index is -3.61. The molecule has 0 saturated carbocycles. The van der Waals surface area contributed by atoms with Crippen molar-refractivity contribution in [1.29, 1.82) is 0 Å². The fourth-order valence-corrected chi connectivity index (χ4v) is 8.02. The molecule has 0 bridgehead atoms. The number of ether oxygens (including phenoxy) is 2. The fourth-order valence-electron chi connectivity index (χ4n) is 5.48. The van der Waals surface area contributed by atoms with E-state index in [9.17, 15) is 21.9 Å². The molecule has 2 fully saturated rings. The average molecular weight is 605 g/mol. The number of nitrogens with zero attached hydrogens (tertiary/aromatic N) is 1. The SMILES string of the molecule is O=S(=O)(CCO)c1cccc(OCC(O)CN[C@H]2COC3(CCN(S(=O)(=O)c4ccc5ccccc5c4)CC3)C2)c1. The van der Waals surface area contributed by atoms with Gasteiger partial charge in [0.25, 0.3) is 0 Å². The van der Waals surface area contributed by atoms with Crippen molar-refractivity contribution in [2.75, 3.05) is 45.2 Å². The first-order valence-corrected chi connectivity index (χ1v) is 16.8. The highest BCUT2D eigenvalue weighted by molar-refractivity contribution is 7.91. The van der Waals surface area contributed by atoms with Gasteiger partial charge in [-0.2, -0.15) is 4.31 Å². The molecule has 2 aliphatic heterocycles. The lowest BCUT2D eigenvalue weighted by atomic mass is 9.88. The number of rotatable bonds is 11. The monoisotopic (exact) mass is 604 g/mol. The minimum Gasteiger partial charge on any atom is -0.491 e. The molecule has 5 rings (SSSR count). The largest absolute Gasteiger partial charge is 0.491 e. The van der Waals surface area contributed by atoms with E-state index >= 15 is 0 Å². The van der Waals surface area contributed by atoms with E-state index in [0.29, 0.717) is 43.2 Å². The summed E-state index contributed by atoms with van der Waals surface area (Å²) in [5.74, 6) is -0.0525. The summed E-state index contributed by atoms with van der Waals surface area (Å²) in [7, 11) is -7.20. The minimum absolute atomic E-state index is 0.0141. The topological polar surface area (TPSA) is 142 Å². The summed E-state index contributed by atoms with van der Waals surface area (Å²) < 4.78 is 64.3. The van der Waals surface area contributed by atoms with Gasteiger partial charge in [0.2, 0.25) is 10.0 Å². The number of sulfonamides is 1. The molecular weight excluding hydrogens is 568 g/mol. The lowest BCUT2D eigenvalue weighted by Gasteiger charge is -2.38. The van der Waals surface area contributed by atoms with Crippen LogP contribution in [0.15, 0.2) is 76.5 Å². The van der Waals surface area contributed by atoms with Crippen LogP contribution in [-0.4, -0.2) is 94.3 Å². The second kappa shape index (κ2) is 12.3. The number of nitrogens with one attached hydrogen (secondary N) is 1. The molecule has 3 aromatic carbocycles. The Labute approximate surface area is 240 Å². The van der Waals surface area contributed by atoms with Crippen LogP contribution in [0.2, 0.25) is 0 Å². The van der Waals surface area contributed by atoms with Gasteiger partial charge in [0.05, 0.1) is 34.4 Å². The highest BCUT2D eigenvalue weighted by Crippen LogP contribution is 2.37. The summed E-state index contributed by atoms with van der Waals surface area (Å²) in [4.78, 5) is 0.356. The van der Waals surface area contributed by atoms with Crippen LogP contribution in [0.3, 0.4) is 0 Å². The molecule has 2 saturated heterocycles. The van der Waals surface area contributed by atoms with Crippen molar-refractivity contribution >= 4 is 30.6 Å². The van der Waals surface area contributed by atoms with Crippen molar-refractivity contribution in [2.45, 2.75) is 46.8 Å². The maximum absolute atomic E-state index is 13.3. The first-order valence-electron chi connectivity index (χ1n) is 13.7. The number of sulfone groups is 1. The number of hydrogen-bond acceptors (Lipinski definition) is 9. The van der Waals surface area contributed by atoms with Gasteiger partial charge in [-0.25, -0.2) is 16.8 Å². The van der Waals surface area contributed by atoms with Crippen LogP contribution in [-0.2, 0) is 24.6 Å². The first-order chi connectivity index (χ1) is 19.6. The number of aliphatic hydroxyl groups excluding tert-OH is 2. The van der Waals surface area contributed by atoms with Gasteiger partial charge in [-0.3, -0.25) is 0 Å². The highest BCUT2D eigenvalue weighted by atomic mass is 32.2. The maximum Gasteiger partial charge on any atom is 0.243 e. The Kier molecular flexibility index (Phi) is 9.00. The molecule has 222 valence electrons. The van der Waals surface area contributed by atoms with E-state index in [1.807, 2.05) is 30.3 Å². The van der Waals surface area contributed by atoms with Crippen molar-refractivity contribution in [3.8, 4) is 5.75 Å². The Balaban J connectivity index is 1.09. The summed E-state index contributed by atoms with van der Waals surface area (Å²) in [5.41, 5.74) is -0.394. The molecule has 3 N–H and O–H groups in total. The summed E-state index contributed by atoms with van der Waals surface area (Å²) >= 11 is 0. The van der Waals surface area contributed by atoms with E-state index in [1.165, 1.54) is 16.4 Å². The molecule has 0 amide bonds. The van der Waals surface area contributed by atoms with Crippen LogP contribution < -0.4 is 10.1 Å². The van der Waals surface area contributed by atoms with E-state index in [1.54, 1.807) is 24.3 Å². The predicted octanol–water partition coefficient (Wildman–Crippen LogP) is 1.95. The second-order valence-electron chi connectivity index (χ2n) is 10.7. The van der Waals surface area contributed by atoms with Crippen LogP contribution in [0.25, 0.3) is 10.8 Å². The van der Waals surface area contributed by atoms with Crippen LogP contribution in [0, 0.1) is 0 Å². The molecule has 0 radical (unpaired) electrons. The third kappa shape index (κ3) is 6.91. The second-order valence-corrected chi connectivity index (χ2v) is 14.7. The Morgan fingerprint density at radius 2 is 1.73 bits per heavy atom. The van der Waals surface area contributed by atoms with Crippen LogP contribution >= 0.6 is 0 Å². The number of benzene rings is 3. The summed E-state index contributed by atoms with van der Waals surface area (Å²) in [5, 5.41) is 24.6. The zero-order valence-electron chi connectivity index (χ0n) is 22.7. The van der Waals surface area contributed by atoms with E-state index in [2.05, 4.69) is 5.32 Å². The van der Waals surface area contributed by atoms with Crippen LogP contribution in [0.5, 0.6) is 5.75 Å². The van der Waals surface area contributed by atoms with Crippen molar-refractivity contribution in [1.82, 2.24) is 9.62 Å². The van der Waals surface area contributed by atoms with Crippen molar-refractivity contribution in [3.63, 3.8) is 0 Å². The lowest BCUT2D eigenvalue weighted by Crippen LogP contribution is -2.47. The average Bonchev–Trinajstić information content (AvgIpc) is 3.37. The molecule has 1 spiro atoms. The molecule has 2 aliphatic rings. The van der Waals surface area contributed by atoms with E-state index in [-0.39, 0.29) is 29.8 Å². The van der Waals surface area contributed by atoms with Gasteiger partial charge in [-0.1, -0.05) is 36.4 Å². The molecule has 41 heavy (non-hydrogen) atoms. The predicted molar refractivity (Wildman–Crippen MR) is 154 cm³/mol. The van der Waals surface area contributed by atoms with E-state index in [4.69, 9.17) is 14.6 Å². The number of aliphatic hydroxyl groups is 2. The van der Waals surface area contributed by atoms with Gasteiger partial charge in [0, 0.05) is 25.7 Å². The quantitative estimate of drug-likeness (QED) is 0.299. The van der Waals surface area contributed by atoms with Gasteiger partial charge in [0.1, 0.15) is 18.5 Å². The van der Waals surface area contributed by atoms with Crippen molar-refractivity contribution < 1.29 is 36.5 Å². The third-order valence-corrected chi connectivity index (χ3v) is 11.4. The van der Waals surface area contributed by atoms with Gasteiger partial charge in [0.15, 0.2) is 9.84 Å². The number of hydrogen-bond donors (Lipinski definition) is 3. The summed E-state index contributed by atoms with van der Waals surface area (Å²) in [6.07, 6.45) is 1.08. The van der Waals surface area contributed by atoms with E-state index < -0.39 is 38.2 Å². The highest BCUT2D eigenvalue weighted by Gasteiger charge is 2.44. The Morgan fingerprint density at radius 3 is 2.49 bits per heavy atom. The molecular formula is C29H36N2O8S2. The van der Waals surface area contributed by atoms with Gasteiger partial charge >= 0.3 is 0 Å². The molecule has 0 aromatic heterocycles. The number of piperidine rings is 1. The third-order valence-electron chi connectivity index (χ3n) is 7.81. The Morgan fingerprint density at radius 1 is 0.976 bits per heavy atom. The van der Waals surface area contributed by atoms with Crippen LogP contribution in [0.4, 0.5) is 0 Å². The first kappa shape index (κ1) is 29.9. The summed E-state index contributed by atoms with van der Waals surface area (Å²) in [6, 6.07) is 18.9. The van der Waals surface area contributed by atoms with E-state index in [0.717, 1.165) is 17.2 Å². The number of fused-ring (bicyclic) bond motifs is 1. The van der Waals surface area contributed by atoms with Crippen molar-refractivity contribution in [3.05, 3.63) is 66.7 Å². The molecule has 12 heteroatoms. The molecule has 3 aromatic rings. The molecule has 2 heterocycles. The Hall–Kier alpha value is -2.58. The standard InChI is InChI=1S/C29H36N2O8S2/c32-14-15-40(34,35)27-7-3-6-26(17-27)38-21-25(33)19-30-24-18-29(39-20-24)10-12-31(13-11-29)41(36,37)28-9-8-22-4-1-2-5-23(22)16-28/h1-9,16-17,24-25,30,32-33H,10-15,18-21H2/t24-,25?/m1/s1. The smallest absolute Gasteiger partial charge is 0.243 e. The maximum atomic E-state index is 13.3. The Bertz CT molecular complexity index is 1570. The molecule has 0 aliphatic carbocycles. The zero-order valence-corrected chi connectivity index (χ0v) is 24.3.